The largest absolute Gasteiger partial charge is 0.485 e. The lowest BCUT2D eigenvalue weighted by atomic mass is 10.1. The Morgan fingerprint density at radius 3 is 2.35 bits per heavy atom. The highest BCUT2D eigenvalue weighted by Gasteiger charge is 2.19. The number of aromatic nitrogens is 1. The van der Waals surface area contributed by atoms with E-state index >= 15 is 0 Å². The summed E-state index contributed by atoms with van der Waals surface area (Å²) in [6.45, 7) is 6.46. The van der Waals surface area contributed by atoms with Crippen molar-refractivity contribution >= 4 is 11.8 Å². The molecular weight excluding hydrogens is 334 g/mol. The minimum Gasteiger partial charge on any atom is -0.485 e. The van der Waals surface area contributed by atoms with Crippen LogP contribution in [0.25, 0.3) is 0 Å². The molecule has 0 amide bonds. The van der Waals surface area contributed by atoms with E-state index in [1.54, 1.807) is 31.4 Å². The number of aryl methyl sites for hydroxylation is 1. The lowest BCUT2D eigenvalue weighted by molar-refractivity contribution is 0.0600. The number of carbonyl (C=O) groups excluding carboxylic acids is 2. The van der Waals surface area contributed by atoms with Crippen molar-refractivity contribution in [3.63, 3.8) is 0 Å². The first-order chi connectivity index (χ1) is 12.4. The molecular formula is C20H25NO5. The molecule has 6 nitrogen and oxygen atoms in total. The molecule has 0 N–H and O–H groups in total. The van der Waals surface area contributed by atoms with Crippen LogP contribution >= 0.6 is 0 Å². The van der Waals surface area contributed by atoms with Gasteiger partial charge in [0.1, 0.15) is 5.75 Å². The Bertz CT molecular complexity index is 776. The van der Waals surface area contributed by atoms with E-state index in [1.165, 1.54) is 7.11 Å². The highest BCUT2D eigenvalue weighted by Crippen LogP contribution is 2.22. The van der Waals surface area contributed by atoms with Crippen LogP contribution in [0.2, 0.25) is 0 Å². The summed E-state index contributed by atoms with van der Waals surface area (Å²) >= 11 is 0. The van der Waals surface area contributed by atoms with Crippen molar-refractivity contribution in [2.24, 2.45) is 0 Å². The quantitative estimate of drug-likeness (QED) is 0.534. The van der Waals surface area contributed by atoms with Gasteiger partial charge in [-0.2, -0.15) is 0 Å². The molecule has 1 atom stereocenters. The SMILES string of the molecule is COC[C@H](C)n1c(C)cc(C(=O)COc2ccc(C(=O)OC)cc2)c1C. The number of hydrogen-bond donors (Lipinski definition) is 0. The molecule has 0 aliphatic heterocycles. The first-order valence-corrected chi connectivity index (χ1v) is 8.40. The van der Waals surface area contributed by atoms with Gasteiger partial charge in [-0.1, -0.05) is 0 Å². The maximum Gasteiger partial charge on any atom is 0.337 e. The smallest absolute Gasteiger partial charge is 0.337 e. The lowest BCUT2D eigenvalue weighted by Crippen LogP contribution is -2.16. The van der Waals surface area contributed by atoms with Crippen LogP contribution < -0.4 is 4.74 Å². The normalized spacial score (nSPS) is 11.9. The fourth-order valence-corrected chi connectivity index (χ4v) is 3.09. The number of hydrogen-bond acceptors (Lipinski definition) is 5. The molecule has 0 aliphatic carbocycles. The predicted molar refractivity (Wildman–Crippen MR) is 98.1 cm³/mol. The molecule has 2 rings (SSSR count). The molecule has 26 heavy (non-hydrogen) atoms. The van der Waals surface area contributed by atoms with Crippen LogP contribution in [0, 0.1) is 13.8 Å². The van der Waals surface area contributed by atoms with Gasteiger partial charge in [0.05, 0.1) is 25.3 Å². The molecule has 140 valence electrons. The summed E-state index contributed by atoms with van der Waals surface area (Å²) < 4.78 is 17.5. The van der Waals surface area contributed by atoms with Crippen LogP contribution in [-0.2, 0) is 9.47 Å². The Balaban J connectivity index is 2.06. The summed E-state index contributed by atoms with van der Waals surface area (Å²) in [6, 6.07) is 8.52. The van der Waals surface area contributed by atoms with E-state index in [4.69, 9.17) is 9.47 Å². The summed E-state index contributed by atoms with van der Waals surface area (Å²) in [6.07, 6.45) is 0. The number of ether oxygens (including phenoxy) is 3. The molecule has 1 heterocycles. The summed E-state index contributed by atoms with van der Waals surface area (Å²) in [4.78, 5) is 24.0. The standard InChI is InChI=1S/C20H25NO5/c1-13-10-18(15(3)21(13)14(2)11-24-4)19(22)12-26-17-8-6-16(7-9-17)20(23)25-5/h6-10,14H,11-12H2,1-5H3/t14-/m0/s1. The zero-order chi connectivity index (χ0) is 19.3. The number of esters is 1. The minimum atomic E-state index is -0.412. The number of Topliss-reactive ketones (excluding diaryl/α,β-unsaturated/α-hetero) is 1. The van der Waals surface area contributed by atoms with Gasteiger partial charge < -0.3 is 18.8 Å². The van der Waals surface area contributed by atoms with Crippen molar-refractivity contribution in [2.45, 2.75) is 26.8 Å². The number of methoxy groups -OCH3 is 2. The maximum absolute atomic E-state index is 12.6. The number of nitrogens with zero attached hydrogens (tertiary/aromatic N) is 1. The lowest BCUT2D eigenvalue weighted by Gasteiger charge is -2.17. The van der Waals surface area contributed by atoms with E-state index < -0.39 is 5.97 Å². The van der Waals surface area contributed by atoms with Gasteiger partial charge in [0.2, 0.25) is 5.78 Å². The summed E-state index contributed by atoms with van der Waals surface area (Å²) in [7, 11) is 2.99. The minimum absolute atomic E-state index is 0.0689. The summed E-state index contributed by atoms with van der Waals surface area (Å²) in [5.41, 5.74) is 3.00. The second-order valence-corrected chi connectivity index (χ2v) is 6.19. The zero-order valence-electron chi connectivity index (χ0n) is 15.9. The number of ketones is 1. The Kier molecular flexibility index (Phi) is 6.58. The maximum atomic E-state index is 12.6. The second kappa shape index (κ2) is 8.67. The molecule has 0 spiro atoms. The third kappa shape index (κ3) is 4.32. The van der Waals surface area contributed by atoms with E-state index in [0.717, 1.165) is 11.4 Å². The van der Waals surface area contributed by atoms with E-state index in [2.05, 4.69) is 16.2 Å². The zero-order valence-corrected chi connectivity index (χ0v) is 15.9. The molecule has 0 fully saturated rings. The first-order valence-electron chi connectivity index (χ1n) is 8.40. The monoisotopic (exact) mass is 359 g/mol. The van der Waals surface area contributed by atoms with Gasteiger partial charge in [-0.25, -0.2) is 4.79 Å². The molecule has 0 saturated carbocycles. The highest BCUT2D eigenvalue weighted by molar-refractivity contribution is 5.98. The van der Waals surface area contributed by atoms with E-state index in [9.17, 15) is 9.59 Å². The third-order valence-electron chi connectivity index (χ3n) is 4.28. The predicted octanol–water partition coefficient (Wildman–Crippen LogP) is 3.36. The number of rotatable bonds is 8. The summed E-state index contributed by atoms with van der Waals surface area (Å²) in [5.74, 6) is 0.0174. The van der Waals surface area contributed by atoms with Crippen LogP contribution in [0.4, 0.5) is 0 Å². The first kappa shape index (κ1) is 19.7. The van der Waals surface area contributed by atoms with Crippen molar-refractivity contribution in [1.29, 1.82) is 0 Å². The van der Waals surface area contributed by atoms with Crippen molar-refractivity contribution in [3.05, 3.63) is 52.8 Å². The summed E-state index contributed by atoms with van der Waals surface area (Å²) in [5, 5.41) is 0. The van der Waals surface area contributed by atoms with Crippen molar-refractivity contribution in [3.8, 4) is 5.75 Å². The molecule has 6 heteroatoms. The van der Waals surface area contributed by atoms with Gasteiger partial charge in [-0.3, -0.25) is 4.79 Å². The molecule has 1 aromatic carbocycles. The Morgan fingerprint density at radius 2 is 1.77 bits per heavy atom. The van der Waals surface area contributed by atoms with Crippen LogP contribution in [0.3, 0.4) is 0 Å². The van der Waals surface area contributed by atoms with E-state index in [-0.39, 0.29) is 18.4 Å². The van der Waals surface area contributed by atoms with Crippen molar-refractivity contribution in [1.82, 2.24) is 4.57 Å². The topological polar surface area (TPSA) is 66.8 Å². The molecule has 0 bridgehead atoms. The fourth-order valence-electron chi connectivity index (χ4n) is 3.09. The Morgan fingerprint density at radius 1 is 1.12 bits per heavy atom. The van der Waals surface area contributed by atoms with Gasteiger partial charge in [-0.15, -0.1) is 0 Å². The van der Waals surface area contributed by atoms with E-state index in [1.807, 2.05) is 19.9 Å². The van der Waals surface area contributed by atoms with Gasteiger partial charge >= 0.3 is 5.97 Å². The Labute approximate surface area is 153 Å². The average molecular weight is 359 g/mol. The van der Waals surface area contributed by atoms with Crippen LogP contribution in [0.1, 0.15) is 45.1 Å². The molecule has 0 radical (unpaired) electrons. The van der Waals surface area contributed by atoms with Crippen LogP contribution in [0.5, 0.6) is 5.75 Å². The van der Waals surface area contributed by atoms with Crippen molar-refractivity contribution in [2.75, 3.05) is 27.4 Å². The number of carbonyl (C=O) groups is 2. The van der Waals surface area contributed by atoms with Crippen LogP contribution in [-0.4, -0.2) is 43.8 Å². The third-order valence-corrected chi connectivity index (χ3v) is 4.28. The van der Waals surface area contributed by atoms with Crippen molar-refractivity contribution < 1.29 is 23.8 Å². The molecule has 1 aromatic heterocycles. The van der Waals surface area contributed by atoms with E-state index in [0.29, 0.717) is 23.5 Å². The highest BCUT2D eigenvalue weighted by atomic mass is 16.5. The van der Waals surface area contributed by atoms with Crippen LogP contribution in [0.15, 0.2) is 30.3 Å². The number of benzene rings is 1. The molecule has 2 aromatic rings. The molecule has 0 saturated heterocycles. The fraction of sp³-hybridized carbons (Fsp3) is 0.400. The van der Waals surface area contributed by atoms with Gasteiger partial charge in [0.25, 0.3) is 0 Å². The average Bonchev–Trinajstić information content (AvgIpc) is 2.94. The molecule has 0 unspecified atom stereocenters. The Hall–Kier alpha value is -2.60. The molecule has 0 aliphatic rings. The van der Waals surface area contributed by atoms with Gasteiger partial charge in [0.15, 0.2) is 6.61 Å². The van der Waals surface area contributed by atoms with Gasteiger partial charge in [-0.05, 0) is 51.1 Å². The second-order valence-electron chi connectivity index (χ2n) is 6.19. The van der Waals surface area contributed by atoms with Gasteiger partial charge in [0, 0.05) is 24.1 Å².